The van der Waals surface area contributed by atoms with Crippen molar-refractivity contribution < 1.29 is 23.8 Å². The van der Waals surface area contributed by atoms with E-state index in [0.29, 0.717) is 30.3 Å². The number of hydrogen-bond donors (Lipinski definition) is 0. The molecule has 2 aliphatic rings. The summed E-state index contributed by atoms with van der Waals surface area (Å²) in [7, 11) is 0. The van der Waals surface area contributed by atoms with Gasteiger partial charge in [0, 0.05) is 19.5 Å². The van der Waals surface area contributed by atoms with Crippen molar-refractivity contribution in [1.29, 1.82) is 0 Å². The molecule has 1 saturated heterocycles. The van der Waals surface area contributed by atoms with E-state index in [2.05, 4.69) is 0 Å². The molecule has 25 heavy (non-hydrogen) atoms. The van der Waals surface area contributed by atoms with E-state index in [9.17, 15) is 9.59 Å². The molecular formula is C19H25NO5. The second-order valence-electron chi connectivity index (χ2n) is 6.50. The number of benzene rings is 1. The Morgan fingerprint density at radius 3 is 2.40 bits per heavy atom. The summed E-state index contributed by atoms with van der Waals surface area (Å²) in [6.45, 7) is 4.26. The summed E-state index contributed by atoms with van der Waals surface area (Å²) in [6, 6.07) is 4.96. The SMILES string of the molecule is CC(OC(=O)c1ccc2c(c1)OCCCO2)C(=O)N1CCCCCC1. The monoisotopic (exact) mass is 347 g/mol. The van der Waals surface area contributed by atoms with Gasteiger partial charge in [0.25, 0.3) is 5.91 Å². The molecule has 136 valence electrons. The molecule has 1 unspecified atom stereocenters. The van der Waals surface area contributed by atoms with Crippen molar-refractivity contribution in [2.45, 2.75) is 45.1 Å². The highest BCUT2D eigenvalue weighted by atomic mass is 16.5. The number of esters is 1. The molecule has 2 heterocycles. The van der Waals surface area contributed by atoms with Crippen LogP contribution in [0.25, 0.3) is 0 Å². The van der Waals surface area contributed by atoms with Crippen LogP contribution in [-0.4, -0.2) is 49.2 Å². The number of amides is 1. The van der Waals surface area contributed by atoms with E-state index in [4.69, 9.17) is 14.2 Å². The van der Waals surface area contributed by atoms with Gasteiger partial charge >= 0.3 is 5.97 Å². The number of carbonyl (C=O) groups excluding carboxylic acids is 2. The fourth-order valence-corrected chi connectivity index (χ4v) is 3.12. The van der Waals surface area contributed by atoms with Gasteiger partial charge in [-0.2, -0.15) is 0 Å². The molecular weight excluding hydrogens is 322 g/mol. The van der Waals surface area contributed by atoms with E-state index < -0.39 is 12.1 Å². The summed E-state index contributed by atoms with van der Waals surface area (Å²) in [5.41, 5.74) is 0.361. The fraction of sp³-hybridized carbons (Fsp3) is 0.579. The van der Waals surface area contributed by atoms with Crippen molar-refractivity contribution in [3.8, 4) is 11.5 Å². The normalized spacial score (nSPS) is 18.7. The number of fused-ring (bicyclic) bond motifs is 1. The number of rotatable bonds is 3. The Bertz CT molecular complexity index is 622. The van der Waals surface area contributed by atoms with E-state index >= 15 is 0 Å². The van der Waals surface area contributed by atoms with Crippen molar-refractivity contribution in [2.24, 2.45) is 0 Å². The maximum Gasteiger partial charge on any atom is 0.339 e. The predicted molar refractivity (Wildman–Crippen MR) is 92.0 cm³/mol. The largest absolute Gasteiger partial charge is 0.490 e. The molecule has 6 nitrogen and oxygen atoms in total. The topological polar surface area (TPSA) is 65.1 Å². The van der Waals surface area contributed by atoms with Gasteiger partial charge in [0.2, 0.25) is 0 Å². The van der Waals surface area contributed by atoms with Gasteiger partial charge in [0.15, 0.2) is 17.6 Å². The molecule has 0 spiro atoms. The number of nitrogens with zero attached hydrogens (tertiary/aromatic N) is 1. The average molecular weight is 347 g/mol. The molecule has 1 aromatic rings. The van der Waals surface area contributed by atoms with E-state index in [1.807, 2.05) is 0 Å². The number of likely N-dealkylation sites (tertiary alicyclic amines) is 1. The molecule has 0 aliphatic carbocycles. The van der Waals surface area contributed by atoms with Crippen LogP contribution < -0.4 is 9.47 Å². The highest BCUT2D eigenvalue weighted by Crippen LogP contribution is 2.30. The summed E-state index contributed by atoms with van der Waals surface area (Å²) in [6.07, 6.45) is 4.32. The van der Waals surface area contributed by atoms with E-state index in [1.165, 1.54) is 0 Å². The average Bonchev–Trinajstić information content (AvgIpc) is 3.03. The highest BCUT2D eigenvalue weighted by molar-refractivity contribution is 5.92. The number of hydrogen-bond acceptors (Lipinski definition) is 5. The maximum absolute atomic E-state index is 12.5. The fourth-order valence-electron chi connectivity index (χ4n) is 3.12. The third kappa shape index (κ3) is 4.44. The summed E-state index contributed by atoms with van der Waals surface area (Å²) in [5, 5.41) is 0. The standard InChI is InChI=1S/C19H25NO5/c1-14(18(21)20-9-4-2-3-5-10-20)25-19(22)15-7-8-16-17(13-15)24-12-6-11-23-16/h7-8,13-14H,2-6,9-12H2,1H3. The minimum absolute atomic E-state index is 0.121. The molecule has 1 aromatic carbocycles. The minimum atomic E-state index is -0.790. The van der Waals surface area contributed by atoms with E-state index in [-0.39, 0.29) is 5.91 Å². The van der Waals surface area contributed by atoms with Crippen molar-refractivity contribution in [1.82, 2.24) is 4.90 Å². The zero-order valence-corrected chi connectivity index (χ0v) is 14.7. The molecule has 0 radical (unpaired) electrons. The quantitative estimate of drug-likeness (QED) is 0.787. The zero-order valence-electron chi connectivity index (χ0n) is 14.7. The molecule has 2 aliphatic heterocycles. The van der Waals surface area contributed by atoms with Gasteiger partial charge in [-0.1, -0.05) is 12.8 Å². The Hall–Kier alpha value is -2.24. The first-order chi connectivity index (χ1) is 12.1. The molecule has 0 aromatic heterocycles. The Balaban J connectivity index is 1.63. The maximum atomic E-state index is 12.5. The predicted octanol–water partition coefficient (Wildman–Crippen LogP) is 2.80. The summed E-state index contributed by atoms with van der Waals surface area (Å²) in [4.78, 5) is 26.7. The van der Waals surface area contributed by atoms with Gasteiger partial charge in [-0.15, -0.1) is 0 Å². The Morgan fingerprint density at radius 2 is 1.68 bits per heavy atom. The molecule has 0 saturated carbocycles. The molecule has 0 bridgehead atoms. The number of ether oxygens (including phenoxy) is 3. The van der Waals surface area contributed by atoms with Crippen LogP contribution in [-0.2, 0) is 9.53 Å². The molecule has 1 fully saturated rings. The lowest BCUT2D eigenvalue weighted by Crippen LogP contribution is -2.40. The van der Waals surface area contributed by atoms with Crippen LogP contribution >= 0.6 is 0 Å². The van der Waals surface area contributed by atoms with Crippen molar-refractivity contribution in [3.63, 3.8) is 0 Å². The molecule has 1 atom stereocenters. The summed E-state index contributed by atoms with van der Waals surface area (Å²) >= 11 is 0. The van der Waals surface area contributed by atoms with Gasteiger partial charge in [-0.25, -0.2) is 4.79 Å². The first-order valence-electron chi connectivity index (χ1n) is 9.04. The molecule has 6 heteroatoms. The van der Waals surface area contributed by atoms with Crippen LogP contribution in [0.4, 0.5) is 0 Å². The van der Waals surface area contributed by atoms with Crippen molar-refractivity contribution in [2.75, 3.05) is 26.3 Å². The first kappa shape index (κ1) is 17.6. The van der Waals surface area contributed by atoms with Crippen molar-refractivity contribution in [3.05, 3.63) is 23.8 Å². The van der Waals surface area contributed by atoms with Gasteiger partial charge in [-0.3, -0.25) is 4.79 Å². The zero-order chi connectivity index (χ0) is 17.6. The summed E-state index contributed by atoms with van der Waals surface area (Å²) < 4.78 is 16.5. The van der Waals surface area contributed by atoms with E-state index in [0.717, 1.165) is 45.2 Å². The minimum Gasteiger partial charge on any atom is -0.490 e. The van der Waals surface area contributed by atoms with Crippen LogP contribution in [0.2, 0.25) is 0 Å². The Morgan fingerprint density at radius 1 is 1.00 bits per heavy atom. The van der Waals surface area contributed by atoms with Crippen LogP contribution in [0.3, 0.4) is 0 Å². The van der Waals surface area contributed by atoms with Crippen molar-refractivity contribution >= 4 is 11.9 Å². The van der Waals surface area contributed by atoms with Gasteiger partial charge in [-0.05, 0) is 38.0 Å². The highest BCUT2D eigenvalue weighted by Gasteiger charge is 2.25. The second-order valence-corrected chi connectivity index (χ2v) is 6.50. The lowest BCUT2D eigenvalue weighted by atomic mass is 10.2. The molecule has 3 rings (SSSR count). The molecule has 0 N–H and O–H groups in total. The van der Waals surface area contributed by atoms with Crippen LogP contribution in [0.5, 0.6) is 11.5 Å². The third-order valence-electron chi connectivity index (χ3n) is 4.53. The number of carbonyl (C=O) groups is 2. The van der Waals surface area contributed by atoms with Crippen LogP contribution in [0.15, 0.2) is 18.2 Å². The van der Waals surface area contributed by atoms with E-state index in [1.54, 1.807) is 30.0 Å². The Kier molecular flexibility index (Phi) is 5.79. The molecule has 1 amide bonds. The lowest BCUT2D eigenvalue weighted by Gasteiger charge is -2.24. The van der Waals surface area contributed by atoms with Gasteiger partial charge in [0.1, 0.15) is 0 Å². The Labute approximate surface area is 148 Å². The first-order valence-corrected chi connectivity index (χ1v) is 9.04. The summed E-state index contributed by atoms with van der Waals surface area (Å²) in [5.74, 6) is 0.525. The van der Waals surface area contributed by atoms with Crippen LogP contribution in [0.1, 0.15) is 49.4 Å². The second kappa shape index (κ2) is 8.23. The smallest absolute Gasteiger partial charge is 0.339 e. The van der Waals surface area contributed by atoms with Gasteiger partial charge in [0.05, 0.1) is 18.8 Å². The lowest BCUT2D eigenvalue weighted by molar-refractivity contribution is -0.139. The third-order valence-corrected chi connectivity index (χ3v) is 4.53. The van der Waals surface area contributed by atoms with Crippen LogP contribution in [0, 0.1) is 0 Å². The van der Waals surface area contributed by atoms with Gasteiger partial charge < -0.3 is 19.1 Å².